The fourth-order valence-electron chi connectivity index (χ4n) is 3.36. The molecule has 0 spiro atoms. The van der Waals surface area contributed by atoms with Gasteiger partial charge in [0.05, 0.1) is 5.69 Å². The summed E-state index contributed by atoms with van der Waals surface area (Å²) in [5, 5.41) is 0. The lowest BCUT2D eigenvalue weighted by Gasteiger charge is -2.29. The van der Waals surface area contributed by atoms with E-state index in [4.69, 9.17) is 0 Å². The van der Waals surface area contributed by atoms with Gasteiger partial charge >= 0.3 is 0 Å². The molecule has 0 bridgehead atoms. The number of aromatic nitrogens is 1. The number of Topliss-reactive ketones (excluding diaryl/α,β-unsaturated/α-hetero) is 1. The van der Waals surface area contributed by atoms with Crippen molar-refractivity contribution in [3.8, 4) is 0 Å². The van der Waals surface area contributed by atoms with Crippen LogP contribution in [0.15, 0.2) is 6.07 Å². The molecule has 2 heteroatoms. The first-order valence-electron chi connectivity index (χ1n) is 6.24. The molecule has 0 saturated heterocycles. The fraction of sp³-hybridized carbons (Fsp3) is 0.643. The number of rotatable bonds is 0. The SMILES string of the molecule is CC1CCc2cc3c(n21)C(=O)CC(C)(C)C3. The van der Waals surface area contributed by atoms with Gasteiger partial charge in [-0.2, -0.15) is 0 Å². The summed E-state index contributed by atoms with van der Waals surface area (Å²) < 4.78 is 2.30. The molecule has 0 saturated carbocycles. The molecule has 3 rings (SSSR count). The van der Waals surface area contributed by atoms with Gasteiger partial charge in [-0.25, -0.2) is 0 Å². The smallest absolute Gasteiger partial charge is 0.180 e. The van der Waals surface area contributed by atoms with E-state index < -0.39 is 0 Å². The maximum atomic E-state index is 12.2. The predicted octanol–water partition coefficient (Wildman–Crippen LogP) is 3.15. The highest BCUT2D eigenvalue weighted by Gasteiger charge is 2.36. The molecule has 0 N–H and O–H groups in total. The summed E-state index contributed by atoms with van der Waals surface area (Å²) in [6, 6.07) is 2.79. The van der Waals surface area contributed by atoms with E-state index in [1.54, 1.807) is 0 Å². The van der Waals surface area contributed by atoms with Crippen LogP contribution >= 0.6 is 0 Å². The third-order valence-electron chi connectivity index (χ3n) is 4.03. The fourth-order valence-corrected chi connectivity index (χ4v) is 3.36. The van der Waals surface area contributed by atoms with E-state index in [2.05, 4.69) is 31.4 Å². The van der Waals surface area contributed by atoms with Crippen LogP contribution in [0.4, 0.5) is 0 Å². The Morgan fingerprint density at radius 2 is 2.12 bits per heavy atom. The molecule has 1 unspecified atom stereocenters. The minimum absolute atomic E-state index is 0.149. The summed E-state index contributed by atoms with van der Waals surface area (Å²) in [4.78, 5) is 12.2. The number of carbonyl (C=O) groups is 1. The lowest BCUT2D eigenvalue weighted by atomic mass is 9.76. The minimum Gasteiger partial charge on any atom is -0.339 e. The van der Waals surface area contributed by atoms with E-state index in [9.17, 15) is 4.79 Å². The molecule has 2 aliphatic rings. The molecule has 1 aromatic heterocycles. The van der Waals surface area contributed by atoms with Crippen molar-refractivity contribution in [2.45, 2.75) is 52.5 Å². The van der Waals surface area contributed by atoms with Crippen molar-refractivity contribution in [1.29, 1.82) is 0 Å². The Kier molecular flexibility index (Phi) is 1.90. The highest BCUT2D eigenvalue weighted by molar-refractivity contribution is 5.98. The Morgan fingerprint density at radius 3 is 2.88 bits per heavy atom. The van der Waals surface area contributed by atoms with Crippen LogP contribution in [-0.4, -0.2) is 10.4 Å². The van der Waals surface area contributed by atoms with E-state index in [0.717, 1.165) is 18.5 Å². The van der Waals surface area contributed by atoms with Gasteiger partial charge in [-0.3, -0.25) is 4.79 Å². The molecule has 2 nitrogen and oxygen atoms in total. The van der Waals surface area contributed by atoms with Crippen LogP contribution in [0.25, 0.3) is 0 Å². The van der Waals surface area contributed by atoms with Gasteiger partial charge in [-0.1, -0.05) is 13.8 Å². The summed E-state index contributed by atoms with van der Waals surface area (Å²) in [7, 11) is 0. The predicted molar refractivity (Wildman–Crippen MR) is 63.9 cm³/mol. The second-order valence-electron chi connectivity index (χ2n) is 6.21. The quantitative estimate of drug-likeness (QED) is 0.654. The zero-order chi connectivity index (χ0) is 11.5. The molecule has 86 valence electrons. The summed E-state index contributed by atoms with van der Waals surface area (Å²) in [5.41, 5.74) is 3.85. The minimum atomic E-state index is 0.149. The Hall–Kier alpha value is -1.05. The lowest BCUT2D eigenvalue weighted by Crippen LogP contribution is -2.28. The average molecular weight is 217 g/mol. The number of hydrogen-bond acceptors (Lipinski definition) is 1. The van der Waals surface area contributed by atoms with Gasteiger partial charge in [0, 0.05) is 18.2 Å². The number of fused-ring (bicyclic) bond motifs is 3. The molecule has 1 aliphatic carbocycles. The van der Waals surface area contributed by atoms with Crippen molar-refractivity contribution in [3.05, 3.63) is 23.0 Å². The lowest BCUT2D eigenvalue weighted by molar-refractivity contribution is 0.0900. The van der Waals surface area contributed by atoms with Crippen LogP contribution in [0.5, 0.6) is 0 Å². The summed E-state index contributed by atoms with van der Waals surface area (Å²) >= 11 is 0. The van der Waals surface area contributed by atoms with Crippen molar-refractivity contribution in [3.63, 3.8) is 0 Å². The third kappa shape index (κ3) is 1.28. The number of aryl methyl sites for hydroxylation is 1. The zero-order valence-electron chi connectivity index (χ0n) is 10.3. The highest BCUT2D eigenvalue weighted by Crippen LogP contribution is 2.40. The first kappa shape index (κ1) is 10.1. The topological polar surface area (TPSA) is 22.0 Å². The largest absolute Gasteiger partial charge is 0.339 e. The molecular formula is C14H19NO. The maximum Gasteiger partial charge on any atom is 0.180 e. The third-order valence-corrected chi connectivity index (χ3v) is 4.03. The normalized spacial score (nSPS) is 26.7. The second-order valence-corrected chi connectivity index (χ2v) is 6.21. The Balaban J connectivity index is 2.15. The van der Waals surface area contributed by atoms with Crippen molar-refractivity contribution >= 4 is 5.78 Å². The van der Waals surface area contributed by atoms with Crippen LogP contribution < -0.4 is 0 Å². The molecule has 0 amide bonds. The van der Waals surface area contributed by atoms with E-state index in [0.29, 0.717) is 18.2 Å². The van der Waals surface area contributed by atoms with Crippen molar-refractivity contribution < 1.29 is 4.79 Å². The zero-order valence-corrected chi connectivity index (χ0v) is 10.3. The van der Waals surface area contributed by atoms with Crippen LogP contribution in [-0.2, 0) is 12.8 Å². The summed E-state index contributed by atoms with van der Waals surface area (Å²) in [6.07, 6.45) is 4.10. The van der Waals surface area contributed by atoms with Crippen LogP contribution in [0, 0.1) is 5.41 Å². The van der Waals surface area contributed by atoms with Gasteiger partial charge < -0.3 is 4.57 Å². The average Bonchev–Trinajstić information content (AvgIpc) is 2.64. The van der Waals surface area contributed by atoms with Gasteiger partial charge in [0.25, 0.3) is 0 Å². The van der Waals surface area contributed by atoms with Crippen molar-refractivity contribution in [2.75, 3.05) is 0 Å². The Morgan fingerprint density at radius 1 is 1.38 bits per heavy atom. The molecule has 0 radical (unpaired) electrons. The van der Waals surface area contributed by atoms with Crippen molar-refractivity contribution in [1.82, 2.24) is 4.57 Å². The number of carbonyl (C=O) groups excluding carboxylic acids is 1. The van der Waals surface area contributed by atoms with Crippen molar-refractivity contribution in [2.24, 2.45) is 5.41 Å². The monoisotopic (exact) mass is 217 g/mol. The van der Waals surface area contributed by atoms with Gasteiger partial charge in [0.1, 0.15) is 0 Å². The molecule has 0 fully saturated rings. The maximum absolute atomic E-state index is 12.2. The Bertz CT molecular complexity index is 467. The van der Waals surface area contributed by atoms with Gasteiger partial charge in [-0.05, 0) is 43.2 Å². The first-order chi connectivity index (χ1) is 7.48. The van der Waals surface area contributed by atoms with Gasteiger partial charge in [-0.15, -0.1) is 0 Å². The van der Waals surface area contributed by atoms with Crippen LogP contribution in [0.1, 0.15) is 61.4 Å². The second kappa shape index (κ2) is 2.99. The molecule has 1 atom stereocenters. The summed E-state index contributed by atoms with van der Waals surface area (Å²) in [6.45, 7) is 6.61. The standard InChI is InChI=1S/C14H19NO/c1-9-4-5-11-6-10-7-14(2,3)8-12(16)13(10)15(9)11/h6,9H,4-5,7-8H2,1-3H3. The van der Waals surface area contributed by atoms with Gasteiger partial charge in [0.2, 0.25) is 0 Å². The van der Waals surface area contributed by atoms with E-state index in [1.807, 2.05) is 0 Å². The number of ketones is 1. The molecule has 0 aromatic carbocycles. The van der Waals surface area contributed by atoms with Crippen LogP contribution in [0.2, 0.25) is 0 Å². The highest BCUT2D eigenvalue weighted by atomic mass is 16.1. The number of hydrogen-bond donors (Lipinski definition) is 0. The Labute approximate surface area is 96.6 Å². The number of nitrogens with zero attached hydrogens (tertiary/aromatic N) is 1. The molecular weight excluding hydrogens is 198 g/mol. The van der Waals surface area contributed by atoms with Gasteiger partial charge in [0.15, 0.2) is 5.78 Å². The van der Waals surface area contributed by atoms with E-state index >= 15 is 0 Å². The van der Waals surface area contributed by atoms with E-state index in [-0.39, 0.29) is 5.41 Å². The molecule has 16 heavy (non-hydrogen) atoms. The van der Waals surface area contributed by atoms with E-state index in [1.165, 1.54) is 17.7 Å². The molecule has 1 aromatic rings. The first-order valence-corrected chi connectivity index (χ1v) is 6.24. The molecule has 2 heterocycles. The summed E-state index contributed by atoms with van der Waals surface area (Å²) in [5.74, 6) is 0.353. The molecule has 1 aliphatic heterocycles. The van der Waals surface area contributed by atoms with Crippen LogP contribution in [0.3, 0.4) is 0 Å².